The maximum atomic E-state index is 12.9. The molecule has 1 aliphatic heterocycles. The maximum absolute atomic E-state index is 12.9. The van der Waals surface area contributed by atoms with Crippen LogP contribution in [0.25, 0.3) is 0 Å². The van der Waals surface area contributed by atoms with Gasteiger partial charge in [0.1, 0.15) is 0 Å². The minimum Gasteiger partial charge on any atom is -0.481 e. The minimum absolute atomic E-state index is 0.117. The van der Waals surface area contributed by atoms with Crippen LogP contribution in [0.2, 0.25) is 0 Å². The van der Waals surface area contributed by atoms with Crippen molar-refractivity contribution in [2.45, 2.75) is 37.1 Å². The molecular formula is C18H24N2O6S. The Morgan fingerprint density at radius 1 is 1.22 bits per heavy atom. The number of sulfonamides is 1. The molecule has 1 saturated heterocycles. The number of carboxylic acid groups (broad SMARTS) is 1. The molecule has 2 atom stereocenters. The minimum atomic E-state index is -3.70. The monoisotopic (exact) mass is 396 g/mol. The van der Waals surface area contributed by atoms with Crippen molar-refractivity contribution in [1.29, 1.82) is 0 Å². The van der Waals surface area contributed by atoms with Gasteiger partial charge in [-0.1, -0.05) is 6.07 Å². The van der Waals surface area contributed by atoms with Gasteiger partial charge in [-0.2, -0.15) is 4.31 Å². The zero-order valence-corrected chi connectivity index (χ0v) is 16.0. The Labute approximate surface area is 158 Å². The standard InChI is InChI=1S/C18H24N2O6S/c1-12-2-3-13(17(21)19-15-5-4-14(10-15)18(22)23)11-16(12)27(24,25)20-6-8-26-9-7-20/h2-3,11,14-15H,4-10H2,1H3,(H,19,21)(H,22,23)/t14-,15+/m1/s1. The molecule has 8 nitrogen and oxygen atoms in total. The number of nitrogens with zero attached hydrogens (tertiary/aromatic N) is 1. The van der Waals surface area contributed by atoms with E-state index in [4.69, 9.17) is 9.84 Å². The highest BCUT2D eigenvalue weighted by Crippen LogP contribution is 2.26. The predicted molar refractivity (Wildman–Crippen MR) is 97.0 cm³/mol. The van der Waals surface area contributed by atoms with Crippen LogP contribution in [0, 0.1) is 12.8 Å². The number of hydrogen-bond donors (Lipinski definition) is 2. The van der Waals surface area contributed by atoms with Crippen molar-refractivity contribution < 1.29 is 27.9 Å². The van der Waals surface area contributed by atoms with Gasteiger partial charge in [0.05, 0.1) is 24.0 Å². The summed E-state index contributed by atoms with van der Waals surface area (Å²) in [6.07, 6.45) is 1.53. The summed E-state index contributed by atoms with van der Waals surface area (Å²) in [6.45, 7) is 2.98. The van der Waals surface area contributed by atoms with Gasteiger partial charge in [0.25, 0.3) is 5.91 Å². The van der Waals surface area contributed by atoms with Gasteiger partial charge in [0.15, 0.2) is 0 Å². The molecule has 2 aliphatic rings. The van der Waals surface area contributed by atoms with Gasteiger partial charge >= 0.3 is 5.97 Å². The molecular weight excluding hydrogens is 372 g/mol. The molecule has 0 aromatic heterocycles. The number of carboxylic acids is 1. The van der Waals surface area contributed by atoms with Crippen molar-refractivity contribution in [2.75, 3.05) is 26.3 Å². The molecule has 1 amide bonds. The van der Waals surface area contributed by atoms with E-state index < -0.39 is 21.9 Å². The number of carbonyl (C=O) groups is 2. The first-order valence-corrected chi connectivity index (χ1v) is 10.5. The molecule has 3 rings (SSSR count). The molecule has 0 unspecified atom stereocenters. The lowest BCUT2D eigenvalue weighted by Gasteiger charge is -2.26. The predicted octanol–water partition coefficient (Wildman–Crippen LogP) is 0.999. The van der Waals surface area contributed by atoms with E-state index >= 15 is 0 Å². The number of carbonyl (C=O) groups excluding carboxylic acids is 1. The Balaban J connectivity index is 1.76. The van der Waals surface area contributed by atoms with Crippen LogP contribution < -0.4 is 5.32 Å². The van der Waals surface area contributed by atoms with E-state index in [2.05, 4.69) is 5.32 Å². The van der Waals surface area contributed by atoms with Gasteiger partial charge in [-0.05, 0) is 43.9 Å². The lowest BCUT2D eigenvalue weighted by atomic mass is 10.1. The smallest absolute Gasteiger partial charge is 0.306 e. The molecule has 27 heavy (non-hydrogen) atoms. The van der Waals surface area contributed by atoms with Gasteiger partial charge in [0, 0.05) is 24.7 Å². The van der Waals surface area contributed by atoms with Crippen LogP contribution in [0.4, 0.5) is 0 Å². The molecule has 148 valence electrons. The topological polar surface area (TPSA) is 113 Å². The third-order valence-electron chi connectivity index (χ3n) is 5.16. The second-order valence-corrected chi connectivity index (χ2v) is 8.92. The Morgan fingerprint density at radius 3 is 2.56 bits per heavy atom. The SMILES string of the molecule is Cc1ccc(C(=O)N[C@H]2CC[C@@H](C(=O)O)C2)cc1S(=O)(=O)N1CCOCC1. The summed E-state index contributed by atoms with van der Waals surface area (Å²) in [5.41, 5.74) is 0.830. The van der Waals surface area contributed by atoms with Crippen LogP contribution in [0.1, 0.15) is 35.2 Å². The van der Waals surface area contributed by atoms with E-state index in [1.54, 1.807) is 19.1 Å². The summed E-state index contributed by atoms with van der Waals surface area (Å²) in [5.74, 6) is -1.67. The van der Waals surface area contributed by atoms with Crippen LogP contribution in [0.15, 0.2) is 23.1 Å². The molecule has 1 aromatic rings. The fourth-order valence-corrected chi connectivity index (χ4v) is 5.21. The van der Waals surface area contributed by atoms with Crippen LogP contribution in [-0.4, -0.2) is 62.1 Å². The molecule has 2 N–H and O–H groups in total. The summed E-state index contributed by atoms with van der Waals surface area (Å²) >= 11 is 0. The van der Waals surface area contributed by atoms with Crippen molar-refractivity contribution in [3.63, 3.8) is 0 Å². The Morgan fingerprint density at radius 2 is 1.93 bits per heavy atom. The number of rotatable bonds is 5. The number of aliphatic carboxylic acids is 1. The average Bonchev–Trinajstić information content (AvgIpc) is 3.11. The highest BCUT2D eigenvalue weighted by atomic mass is 32.2. The number of aryl methyl sites for hydroxylation is 1. The third kappa shape index (κ3) is 4.31. The fourth-order valence-electron chi connectivity index (χ4n) is 3.55. The number of morpholine rings is 1. The number of nitrogens with one attached hydrogen (secondary N) is 1. The second-order valence-electron chi connectivity index (χ2n) is 7.02. The number of hydrogen-bond acceptors (Lipinski definition) is 5. The molecule has 1 aromatic carbocycles. The van der Waals surface area contributed by atoms with E-state index in [0.29, 0.717) is 38.0 Å². The molecule has 0 radical (unpaired) electrons. The fraction of sp³-hybridized carbons (Fsp3) is 0.556. The van der Waals surface area contributed by atoms with Crippen LogP contribution in [0.3, 0.4) is 0 Å². The Kier molecular flexibility index (Phi) is 5.83. The van der Waals surface area contributed by atoms with Gasteiger partial charge < -0.3 is 15.2 Å². The van der Waals surface area contributed by atoms with E-state index in [9.17, 15) is 18.0 Å². The lowest BCUT2D eigenvalue weighted by Crippen LogP contribution is -2.41. The zero-order chi connectivity index (χ0) is 19.6. The normalized spacial score (nSPS) is 23.9. The van der Waals surface area contributed by atoms with E-state index in [0.717, 1.165) is 0 Å². The van der Waals surface area contributed by atoms with Crippen LogP contribution >= 0.6 is 0 Å². The first-order valence-electron chi connectivity index (χ1n) is 9.01. The van der Waals surface area contributed by atoms with Gasteiger partial charge in [-0.3, -0.25) is 9.59 Å². The molecule has 1 aliphatic carbocycles. The van der Waals surface area contributed by atoms with Crippen LogP contribution in [-0.2, 0) is 19.6 Å². The van der Waals surface area contributed by atoms with E-state index in [1.807, 2.05) is 0 Å². The first-order chi connectivity index (χ1) is 12.8. The Hall–Kier alpha value is -1.97. The summed E-state index contributed by atoms with van der Waals surface area (Å²) in [7, 11) is -3.70. The van der Waals surface area contributed by atoms with Crippen molar-refractivity contribution in [1.82, 2.24) is 9.62 Å². The highest BCUT2D eigenvalue weighted by molar-refractivity contribution is 7.89. The summed E-state index contributed by atoms with van der Waals surface area (Å²) < 4.78 is 32.4. The van der Waals surface area contributed by atoms with E-state index in [-0.39, 0.29) is 35.5 Å². The summed E-state index contributed by atoms with van der Waals surface area (Å²) in [5, 5.41) is 11.9. The van der Waals surface area contributed by atoms with Gasteiger partial charge in [0.2, 0.25) is 10.0 Å². The second kappa shape index (κ2) is 7.95. The highest BCUT2D eigenvalue weighted by Gasteiger charge is 2.32. The molecule has 2 fully saturated rings. The summed E-state index contributed by atoms with van der Waals surface area (Å²) in [6, 6.07) is 4.40. The molecule has 9 heteroatoms. The lowest BCUT2D eigenvalue weighted by molar-refractivity contribution is -0.141. The molecule has 1 heterocycles. The summed E-state index contributed by atoms with van der Waals surface area (Å²) in [4.78, 5) is 23.7. The quantitative estimate of drug-likeness (QED) is 0.768. The van der Waals surface area contributed by atoms with Crippen molar-refractivity contribution in [3.05, 3.63) is 29.3 Å². The largest absolute Gasteiger partial charge is 0.481 e. The molecule has 0 spiro atoms. The zero-order valence-electron chi connectivity index (χ0n) is 15.2. The maximum Gasteiger partial charge on any atom is 0.306 e. The van der Waals surface area contributed by atoms with Gasteiger partial charge in [-0.15, -0.1) is 0 Å². The van der Waals surface area contributed by atoms with E-state index in [1.165, 1.54) is 10.4 Å². The number of ether oxygens (including phenoxy) is 1. The van der Waals surface area contributed by atoms with Crippen molar-refractivity contribution in [3.8, 4) is 0 Å². The number of benzene rings is 1. The van der Waals surface area contributed by atoms with Crippen molar-refractivity contribution in [2.24, 2.45) is 5.92 Å². The van der Waals surface area contributed by atoms with Crippen LogP contribution in [0.5, 0.6) is 0 Å². The molecule has 1 saturated carbocycles. The first kappa shape index (κ1) is 19.8. The third-order valence-corrected chi connectivity index (χ3v) is 7.20. The van der Waals surface area contributed by atoms with Crippen molar-refractivity contribution >= 4 is 21.9 Å². The Bertz CT molecular complexity index is 832. The number of amides is 1. The van der Waals surface area contributed by atoms with Gasteiger partial charge in [-0.25, -0.2) is 8.42 Å². The average molecular weight is 396 g/mol. The molecule has 0 bridgehead atoms.